The van der Waals surface area contributed by atoms with Gasteiger partial charge in [-0.05, 0) is 31.4 Å². The van der Waals surface area contributed by atoms with Crippen LogP contribution in [0.2, 0.25) is 0 Å². The Balaban J connectivity index is 1.73. The number of hydrogen-bond acceptors (Lipinski definition) is 5. The molecule has 5 nitrogen and oxygen atoms in total. The van der Waals surface area contributed by atoms with E-state index in [0.29, 0.717) is 12.1 Å². The number of hydrogen-bond donors (Lipinski definition) is 0. The topological polar surface area (TPSA) is 52.7 Å². The van der Waals surface area contributed by atoms with Gasteiger partial charge < -0.3 is 9.13 Å². The molecule has 0 saturated heterocycles. The lowest BCUT2D eigenvalue weighted by Crippen LogP contribution is -2.13. The maximum atomic E-state index is 12.8. The van der Waals surface area contributed by atoms with Gasteiger partial charge in [0.15, 0.2) is 10.9 Å². The molecule has 144 valence electrons. The smallest absolute Gasteiger partial charge is 0.343 e. The first-order valence-corrected chi connectivity index (χ1v) is 9.86. The number of alkyl halides is 3. The lowest BCUT2D eigenvalue weighted by atomic mass is 10.2. The van der Waals surface area contributed by atoms with Gasteiger partial charge >= 0.3 is 6.18 Å². The van der Waals surface area contributed by atoms with E-state index in [1.54, 1.807) is 11.3 Å². The Morgan fingerprint density at radius 2 is 2.04 bits per heavy atom. The minimum atomic E-state index is -4.57. The van der Waals surface area contributed by atoms with Crippen LogP contribution in [0.3, 0.4) is 0 Å². The third-order valence-corrected chi connectivity index (χ3v) is 6.07. The molecule has 0 aromatic carbocycles. The maximum Gasteiger partial charge on any atom is 0.451 e. The Morgan fingerprint density at radius 1 is 1.30 bits per heavy atom. The minimum absolute atomic E-state index is 0.00682. The van der Waals surface area contributed by atoms with E-state index in [1.165, 1.54) is 11.9 Å². The zero-order valence-electron chi connectivity index (χ0n) is 14.9. The molecule has 27 heavy (non-hydrogen) atoms. The number of carbonyl (C=O) groups is 1. The summed E-state index contributed by atoms with van der Waals surface area (Å²) in [6.45, 7) is 4.50. The summed E-state index contributed by atoms with van der Waals surface area (Å²) in [6, 6.07) is 5.84. The molecule has 0 N–H and O–H groups in total. The highest BCUT2D eigenvalue weighted by atomic mass is 32.2. The van der Waals surface area contributed by atoms with Crippen LogP contribution in [0.1, 0.15) is 32.4 Å². The number of rotatable bonds is 6. The number of halogens is 3. The van der Waals surface area contributed by atoms with Crippen molar-refractivity contribution in [3.05, 3.63) is 51.2 Å². The van der Waals surface area contributed by atoms with Crippen molar-refractivity contribution in [1.29, 1.82) is 0 Å². The summed E-state index contributed by atoms with van der Waals surface area (Å²) >= 11 is 2.60. The van der Waals surface area contributed by atoms with Crippen molar-refractivity contribution < 1.29 is 18.0 Å². The second-order valence-electron chi connectivity index (χ2n) is 6.03. The first kappa shape index (κ1) is 19.7. The molecule has 10 heteroatoms. The summed E-state index contributed by atoms with van der Waals surface area (Å²) in [6.07, 6.45) is -4.57. The standard InChI is InChI=1S/C17H17F3N4OS2/c1-10-7-13(11(2)24(10)8-12-5-4-6-26-12)14(25)9-27-16-22-21-15(23(16)3)17(18,19)20/h4-7H,8-9H2,1-3H3. The third-order valence-electron chi connectivity index (χ3n) is 4.19. The van der Waals surface area contributed by atoms with E-state index in [-0.39, 0.29) is 16.7 Å². The molecule has 0 saturated carbocycles. The van der Waals surface area contributed by atoms with Crippen LogP contribution < -0.4 is 0 Å². The van der Waals surface area contributed by atoms with Crippen molar-refractivity contribution in [3.8, 4) is 0 Å². The monoisotopic (exact) mass is 414 g/mol. The molecule has 0 unspecified atom stereocenters. The van der Waals surface area contributed by atoms with Crippen molar-refractivity contribution in [3.63, 3.8) is 0 Å². The van der Waals surface area contributed by atoms with E-state index in [4.69, 9.17) is 0 Å². The average molecular weight is 414 g/mol. The zero-order valence-corrected chi connectivity index (χ0v) is 16.5. The molecule has 0 spiro atoms. The van der Waals surface area contributed by atoms with Crippen LogP contribution in [0.4, 0.5) is 13.2 Å². The summed E-state index contributed by atoms with van der Waals surface area (Å²) in [7, 11) is 1.24. The number of aryl methyl sites for hydroxylation is 1. The average Bonchev–Trinajstić information content (AvgIpc) is 3.29. The van der Waals surface area contributed by atoms with Crippen LogP contribution in [-0.4, -0.2) is 30.9 Å². The van der Waals surface area contributed by atoms with Gasteiger partial charge in [-0.3, -0.25) is 4.79 Å². The highest BCUT2D eigenvalue weighted by Gasteiger charge is 2.37. The summed E-state index contributed by atoms with van der Waals surface area (Å²) in [5.41, 5.74) is 2.39. The molecule has 0 aliphatic rings. The number of ketones is 1. The molecule has 0 fully saturated rings. The fourth-order valence-corrected chi connectivity index (χ4v) is 4.27. The summed E-state index contributed by atoms with van der Waals surface area (Å²) in [5, 5.41) is 8.77. The van der Waals surface area contributed by atoms with Gasteiger partial charge in [0.25, 0.3) is 0 Å². The SMILES string of the molecule is Cc1cc(C(=O)CSc2nnc(C(F)(F)F)n2C)c(C)n1Cc1cccs1. The fourth-order valence-electron chi connectivity index (χ4n) is 2.78. The van der Waals surface area contributed by atoms with E-state index in [1.807, 2.05) is 37.4 Å². The molecular weight excluding hydrogens is 397 g/mol. The highest BCUT2D eigenvalue weighted by molar-refractivity contribution is 7.99. The van der Waals surface area contributed by atoms with Crippen LogP contribution in [0.5, 0.6) is 0 Å². The van der Waals surface area contributed by atoms with Crippen LogP contribution in [0, 0.1) is 13.8 Å². The van der Waals surface area contributed by atoms with Crippen LogP contribution in [-0.2, 0) is 19.8 Å². The molecular formula is C17H17F3N4OS2. The van der Waals surface area contributed by atoms with Gasteiger partial charge in [0.2, 0.25) is 5.82 Å². The molecule has 0 aliphatic carbocycles. The molecule has 0 atom stereocenters. The largest absolute Gasteiger partial charge is 0.451 e. The Labute approximate surface area is 162 Å². The third kappa shape index (κ3) is 4.11. The van der Waals surface area contributed by atoms with Crippen molar-refractivity contribution in [2.45, 2.75) is 31.7 Å². The van der Waals surface area contributed by atoms with E-state index < -0.39 is 12.0 Å². The normalized spacial score (nSPS) is 11.9. The van der Waals surface area contributed by atoms with E-state index in [9.17, 15) is 18.0 Å². The number of nitrogens with zero attached hydrogens (tertiary/aromatic N) is 4. The maximum absolute atomic E-state index is 12.8. The van der Waals surface area contributed by atoms with Crippen molar-refractivity contribution >= 4 is 28.9 Å². The molecule has 0 radical (unpaired) electrons. The van der Waals surface area contributed by atoms with E-state index in [2.05, 4.69) is 14.8 Å². The summed E-state index contributed by atoms with van der Waals surface area (Å²) in [4.78, 5) is 13.8. The quantitative estimate of drug-likeness (QED) is 0.445. The number of aromatic nitrogens is 4. The summed E-state index contributed by atoms with van der Waals surface area (Å²) in [5.74, 6) is -1.23. The number of carbonyl (C=O) groups excluding carboxylic acids is 1. The molecule has 3 aromatic rings. The molecule has 0 aliphatic heterocycles. The first-order chi connectivity index (χ1) is 12.7. The number of thiophene rings is 1. The second kappa shape index (κ2) is 7.51. The number of Topliss-reactive ketones (excluding diaryl/α,β-unsaturated/α-hetero) is 1. The highest BCUT2D eigenvalue weighted by Crippen LogP contribution is 2.30. The van der Waals surface area contributed by atoms with Gasteiger partial charge in [-0.25, -0.2) is 0 Å². The molecule has 3 rings (SSSR count). The Morgan fingerprint density at radius 3 is 2.63 bits per heavy atom. The van der Waals surface area contributed by atoms with Crippen LogP contribution in [0.15, 0.2) is 28.7 Å². The number of thioether (sulfide) groups is 1. The molecule has 0 bridgehead atoms. The van der Waals surface area contributed by atoms with Gasteiger partial charge in [0.05, 0.1) is 12.3 Å². The van der Waals surface area contributed by atoms with E-state index in [0.717, 1.165) is 27.7 Å². The Hall–Kier alpha value is -2.07. The first-order valence-electron chi connectivity index (χ1n) is 8.00. The van der Waals surface area contributed by atoms with Crippen molar-refractivity contribution in [2.75, 3.05) is 5.75 Å². The Bertz CT molecular complexity index is 958. The lowest BCUT2D eigenvalue weighted by molar-refractivity contribution is -0.147. The second-order valence-corrected chi connectivity index (χ2v) is 8.00. The fraction of sp³-hybridized carbons (Fsp3) is 0.353. The zero-order chi connectivity index (χ0) is 19.8. The predicted octanol–water partition coefficient (Wildman–Crippen LogP) is 4.34. The lowest BCUT2D eigenvalue weighted by Gasteiger charge is -2.08. The van der Waals surface area contributed by atoms with Gasteiger partial charge in [-0.2, -0.15) is 13.2 Å². The van der Waals surface area contributed by atoms with Gasteiger partial charge in [0.1, 0.15) is 0 Å². The van der Waals surface area contributed by atoms with E-state index >= 15 is 0 Å². The van der Waals surface area contributed by atoms with Crippen molar-refractivity contribution in [1.82, 2.24) is 19.3 Å². The Kier molecular flexibility index (Phi) is 5.48. The van der Waals surface area contributed by atoms with Gasteiger partial charge in [-0.1, -0.05) is 17.8 Å². The predicted molar refractivity (Wildman–Crippen MR) is 98.4 cm³/mol. The van der Waals surface area contributed by atoms with Crippen LogP contribution in [0.25, 0.3) is 0 Å². The van der Waals surface area contributed by atoms with Gasteiger partial charge in [0, 0.05) is 28.9 Å². The summed E-state index contributed by atoms with van der Waals surface area (Å²) < 4.78 is 41.3. The molecule has 3 heterocycles. The molecule has 3 aromatic heterocycles. The van der Waals surface area contributed by atoms with Crippen LogP contribution >= 0.6 is 23.1 Å². The molecule has 0 amide bonds. The minimum Gasteiger partial charge on any atom is -0.343 e. The van der Waals surface area contributed by atoms with Crippen molar-refractivity contribution in [2.24, 2.45) is 7.05 Å². The van der Waals surface area contributed by atoms with Gasteiger partial charge in [-0.15, -0.1) is 21.5 Å².